The van der Waals surface area contributed by atoms with Crippen molar-refractivity contribution in [2.24, 2.45) is 0 Å². The van der Waals surface area contributed by atoms with Crippen LogP contribution in [0, 0.1) is 0 Å². The quantitative estimate of drug-likeness (QED) is 0.0223. The molecule has 1 amide bonds. The van der Waals surface area contributed by atoms with E-state index >= 15 is 4.79 Å². The molecule has 440 valence electrons. The van der Waals surface area contributed by atoms with E-state index < -0.39 is 35.8 Å². The highest BCUT2D eigenvalue weighted by Crippen LogP contribution is 2.38. The first-order valence-corrected chi connectivity index (χ1v) is 28.5. The summed E-state index contributed by atoms with van der Waals surface area (Å²) < 4.78 is 48.3. The fraction of sp³-hybridized carbons (Fsp3) is 0.122. The lowest BCUT2D eigenvalue weighted by molar-refractivity contribution is 0.0453. The van der Waals surface area contributed by atoms with E-state index in [0.29, 0.717) is 23.5 Å². The number of amides is 1. The van der Waals surface area contributed by atoms with E-state index in [1.54, 1.807) is 60.7 Å². The minimum absolute atomic E-state index is 0.0297. The summed E-state index contributed by atoms with van der Waals surface area (Å²) in [6.07, 6.45) is -0.728. The third-order valence-electron chi connectivity index (χ3n) is 13.8. The molecule has 1 N–H and O–H groups in total. The van der Waals surface area contributed by atoms with Gasteiger partial charge in [-0.15, -0.1) is 0 Å². The van der Waals surface area contributed by atoms with Gasteiger partial charge in [0.25, 0.3) is 5.91 Å². The van der Waals surface area contributed by atoms with Crippen LogP contribution in [0.25, 0.3) is 0 Å². The maximum absolute atomic E-state index is 15.9. The highest BCUT2D eigenvalue weighted by Gasteiger charge is 2.32. The number of rotatable bonds is 27. The van der Waals surface area contributed by atoms with E-state index in [0.717, 1.165) is 33.4 Å². The number of nitrogens with one attached hydrogen (secondary N) is 1. The molecule has 14 nitrogen and oxygen atoms in total. The van der Waals surface area contributed by atoms with E-state index in [2.05, 4.69) is 5.32 Å². The van der Waals surface area contributed by atoms with Crippen LogP contribution in [-0.2, 0) is 60.3 Å². The van der Waals surface area contributed by atoms with Crippen LogP contribution in [0.2, 0.25) is 0 Å². The molecular weight excluding hydrogens is 1110 g/mol. The summed E-state index contributed by atoms with van der Waals surface area (Å²) in [5, 5.41) is 3.04. The number of carbonyl (C=O) groups is 5. The van der Waals surface area contributed by atoms with Gasteiger partial charge in [0.05, 0.1) is 22.7 Å². The molecular formula is C74H61NO13. The second-order valence-electron chi connectivity index (χ2n) is 20.3. The lowest BCUT2D eigenvalue weighted by Crippen LogP contribution is -2.40. The SMILES string of the molecule is O=C(OCc1ccccc1)Oc1ccc(CC(COC(=O)c2cc(OCc3ccccc3)c(C(=O)c3c(OCc4ccccc4)cccc3C(=O)OCc3ccccc3)c(OCc3ccccc3)c2)NC(=O)c2ccc(OCc3ccccc3)cc2)cc1. The zero-order valence-electron chi connectivity index (χ0n) is 47.9. The van der Waals surface area contributed by atoms with Gasteiger partial charge in [-0.3, -0.25) is 9.59 Å². The maximum atomic E-state index is 15.9. The molecule has 0 bridgehead atoms. The first-order chi connectivity index (χ1) is 43.2. The zero-order chi connectivity index (χ0) is 60.7. The van der Waals surface area contributed by atoms with Gasteiger partial charge in [0.1, 0.15) is 80.6 Å². The average molecular weight is 1170 g/mol. The maximum Gasteiger partial charge on any atom is 0.514 e. The average Bonchev–Trinajstić information content (AvgIpc) is 1.89. The van der Waals surface area contributed by atoms with Crippen LogP contribution >= 0.6 is 0 Å². The predicted molar refractivity (Wildman–Crippen MR) is 330 cm³/mol. The second-order valence-corrected chi connectivity index (χ2v) is 20.3. The van der Waals surface area contributed by atoms with Crippen molar-refractivity contribution in [2.45, 2.75) is 52.1 Å². The van der Waals surface area contributed by atoms with Crippen LogP contribution in [0.4, 0.5) is 4.79 Å². The summed E-state index contributed by atoms with van der Waals surface area (Å²) in [4.78, 5) is 71.7. The number of hydrogen-bond donors (Lipinski definition) is 1. The molecule has 0 aliphatic rings. The van der Waals surface area contributed by atoms with Crippen molar-refractivity contribution in [1.29, 1.82) is 0 Å². The molecule has 0 saturated heterocycles. The Balaban J connectivity index is 0.965. The third kappa shape index (κ3) is 17.2. The Morgan fingerprint density at radius 1 is 0.341 bits per heavy atom. The Hall–Kier alpha value is -11.3. The molecule has 88 heavy (non-hydrogen) atoms. The van der Waals surface area contributed by atoms with Gasteiger partial charge in [0, 0.05) is 5.56 Å². The monoisotopic (exact) mass is 1170 g/mol. The Morgan fingerprint density at radius 3 is 1.26 bits per heavy atom. The molecule has 0 aliphatic carbocycles. The summed E-state index contributed by atoms with van der Waals surface area (Å²) in [6.45, 7) is -0.105. The van der Waals surface area contributed by atoms with Crippen molar-refractivity contribution in [1.82, 2.24) is 5.32 Å². The summed E-state index contributed by atoms with van der Waals surface area (Å²) >= 11 is 0. The molecule has 0 spiro atoms. The van der Waals surface area contributed by atoms with Gasteiger partial charge in [0.15, 0.2) is 0 Å². The van der Waals surface area contributed by atoms with E-state index in [9.17, 15) is 19.2 Å². The van der Waals surface area contributed by atoms with Crippen LogP contribution < -0.4 is 29.0 Å². The van der Waals surface area contributed by atoms with Gasteiger partial charge in [0.2, 0.25) is 5.78 Å². The molecule has 1 atom stereocenters. The molecule has 10 aromatic rings. The molecule has 14 heteroatoms. The number of ether oxygens (including phenoxy) is 8. The summed E-state index contributed by atoms with van der Waals surface area (Å²) in [5.41, 5.74) is 5.45. The van der Waals surface area contributed by atoms with Crippen molar-refractivity contribution in [2.75, 3.05) is 6.61 Å². The molecule has 0 fully saturated rings. The van der Waals surface area contributed by atoms with Gasteiger partial charge in [-0.2, -0.15) is 0 Å². The summed E-state index contributed by atoms with van der Waals surface area (Å²) in [7, 11) is 0. The van der Waals surface area contributed by atoms with E-state index in [1.807, 2.05) is 182 Å². The van der Waals surface area contributed by atoms with Crippen molar-refractivity contribution < 1.29 is 61.9 Å². The number of ketones is 1. The second kappa shape index (κ2) is 30.5. The zero-order valence-corrected chi connectivity index (χ0v) is 47.9. The fourth-order valence-electron chi connectivity index (χ4n) is 9.29. The Morgan fingerprint density at radius 2 is 0.773 bits per heavy atom. The minimum atomic E-state index is -0.883. The minimum Gasteiger partial charge on any atom is -0.489 e. The highest BCUT2D eigenvalue weighted by molar-refractivity contribution is 6.19. The van der Waals surface area contributed by atoms with E-state index in [-0.39, 0.29) is 91.3 Å². The molecule has 0 saturated carbocycles. The van der Waals surface area contributed by atoms with Gasteiger partial charge in [-0.25, -0.2) is 14.4 Å². The number of hydrogen-bond acceptors (Lipinski definition) is 13. The van der Waals surface area contributed by atoms with Gasteiger partial charge < -0.3 is 43.2 Å². The van der Waals surface area contributed by atoms with Crippen LogP contribution in [-0.4, -0.2) is 42.4 Å². The van der Waals surface area contributed by atoms with E-state index in [1.165, 1.54) is 18.2 Å². The molecule has 0 radical (unpaired) electrons. The first kappa shape index (κ1) is 59.9. The lowest BCUT2D eigenvalue weighted by atomic mass is 9.94. The molecule has 1 unspecified atom stereocenters. The summed E-state index contributed by atoms with van der Waals surface area (Å²) in [6, 6.07) is 76.0. The van der Waals surface area contributed by atoms with Gasteiger partial charge in [-0.1, -0.05) is 200 Å². The van der Waals surface area contributed by atoms with Crippen LogP contribution in [0.3, 0.4) is 0 Å². The van der Waals surface area contributed by atoms with Crippen molar-refractivity contribution in [3.8, 4) is 28.7 Å². The van der Waals surface area contributed by atoms with Crippen LogP contribution in [0.5, 0.6) is 28.7 Å². The Kier molecular flexibility index (Phi) is 20.8. The van der Waals surface area contributed by atoms with Crippen LogP contribution in [0.1, 0.15) is 85.9 Å². The number of benzene rings is 10. The predicted octanol–water partition coefficient (Wildman–Crippen LogP) is 14.5. The van der Waals surface area contributed by atoms with Gasteiger partial charge >= 0.3 is 18.1 Å². The molecule has 0 heterocycles. The fourth-order valence-corrected chi connectivity index (χ4v) is 9.29. The Bertz CT molecular complexity index is 3840. The molecule has 10 rings (SSSR count). The first-order valence-electron chi connectivity index (χ1n) is 28.5. The third-order valence-corrected chi connectivity index (χ3v) is 13.8. The number of carbonyl (C=O) groups excluding carboxylic acids is 5. The lowest BCUT2D eigenvalue weighted by Gasteiger charge is -2.21. The van der Waals surface area contributed by atoms with Crippen molar-refractivity contribution in [3.05, 3.63) is 328 Å². The largest absolute Gasteiger partial charge is 0.514 e. The number of esters is 2. The highest BCUT2D eigenvalue weighted by atomic mass is 16.7. The van der Waals surface area contributed by atoms with E-state index in [4.69, 9.17) is 37.9 Å². The Labute approximate surface area is 509 Å². The normalized spacial score (nSPS) is 11.0. The smallest absolute Gasteiger partial charge is 0.489 e. The summed E-state index contributed by atoms with van der Waals surface area (Å²) in [5.74, 6) is -2.08. The standard InChI is InChI=1S/C74H61NO13/c76-70(68-64(73(79)85-49-57-28-15-5-16-29-57)32-19-33-65(68)82-46-54-22-9-2-10-23-54)69-66(83-47-55-24-11-3-12-25-55)43-60(44-67(69)84-48-56-26-13-4-14-27-56)72(78)86-51-61(75-71(77)59-36-40-62(41-37-59)81-45-53-20-7-1-8-21-53)42-52-34-38-63(39-35-52)88-74(80)87-50-58-30-17-6-18-31-58/h1-41,43-44,61H,42,45-51H2,(H,75,77). The van der Waals surface area contributed by atoms with Crippen LogP contribution in [0.15, 0.2) is 261 Å². The molecule has 10 aromatic carbocycles. The topological polar surface area (TPSA) is 171 Å². The van der Waals surface area contributed by atoms with Gasteiger partial charge in [-0.05, 0) is 106 Å². The van der Waals surface area contributed by atoms with Crippen molar-refractivity contribution >= 4 is 29.8 Å². The molecule has 0 aliphatic heterocycles. The molecule has 0 aromatic heterocycles. The van der Waals surface area contributed by atoms with Crippen molar-refractivity contribution in [3.63, 3.8) is 0 Å².